The Morgan fingerprint density at radius 3 is 2.58 bits per heavy atom. The minimum absolute atomic E-state index is 0.0353. The lowest BCUT2D eigenvalue weighted by Gasteiger charge is -2.34. The Hall–Kier alpha value is -1.79. The molecule has 0 unspecified atom stereocenters. The molecule has 0 aromatic heterocycles. The van der Waals surface area contributed by atoms with Gasteiger partial charge in [-0.2, -0.15) is 0 Å². The third kappa shape index (κ3) is 4.85. The van der Waals surface area contributed by atoms with Gasteiger partial charge in [-0.3, -0.25) is 14.5 Å². The van der Waals surface area contributed by atoms with E-state index in [4.69, 9.17) is 16.3 Å². The van der Waals surface area contributed by atoms with Gasteiger partial charge in [0, 0.05) is 37.7 Å². The van der Waals surface area contributed by atoms with Crippen molar-refractivity contribution in [2.24, 2.45) is 0 Å². The van der Waals surface area contributed by atoms with Crippen molar-refractivity contribution in [1.29, 1.82) is 0 Å². The molecule has 1 aliphatic heterocycles. The van der Waals surface area contributed by atoms with Crippen LogP contribution in [0.3, 0.4) is 0 Å². The van der Waals surface area contributed by atoms with Crippen LogP contribution in [0.25, 0.3) is 0 Å². The number of ether oxygens (including phenoxy) is 1. The Bertz CT molecular complexity index is 586. The normalized spacial score (nSPS) is 15.2. The first-order valence-electron chi connectivity index (χ1n) is 8.17. The Morgan fingerprint density at radius 1 is 1.25 bits per heavy atom. The molecule has 0 spiro atoms. The van der Waals surface area contributed by atoms with Gasteiger partial charge >= 0.3 is 0 Å². The molecule has 24 heavy (non-hydrogen) atoms. The maximum Gasteiger partial charge on any atom is 0.257 e. The molecule has 2 rings (SSSR count). The van der Waals surface area contributed by atoms with Gasteiger partial charge in [-0.15, -0.1) is 0 Å². The molecule has 6 nitrogen and oxygen atoms in total. The molecule has 132 valence electrons. The van der Waals surface area contributed by atoms with Crippen molar-refractivity contribution in [2.45, 2.75) is 13.3 Å². The highest BCUT2D eigenvalue weighted by Gasteiger charge is 2.25. The second-order valence-electron chi connectivity index (χ2n) is 5.76. The quantitative estimate of drug-likeness (QED) is 0.844. The maximum atomic E-state index is 12.7. The van der Waals surface area contributed by atoms with Gasteiger partial charge < -0.3 is 15.0 Å². The molecule has 1 aromatic rings. The zero-order valence-electron chi connectivity index (χ0n) is 14.2. The van der Waals surface area contributed by atoms with Gasteiger partial charge in [0.2, 0.25) is 5.91 Å². The maximum absolute atomic E-state index is 12.7. The van der Waals surface area contributed by atoms with Crippen molar-refractivity contribution in [3.05, 3.63) is 28.8 Å². The molecular weight excluding hydrogens is 330 g/mol. The summed E-state index contributed by atoms with van der Waals surface area (Å²) < 4.78 is 5.25. The molecule has 1 heterocycles. The van der Waals surface area contributed by atoms with Crippen LogP contribution in [0.5, 0.6) is 5.75 Å². The minimum Gasteiger partial charge on any atom is -0.496 e. The van der Waals surface area contributed by atoms with Crippen molar-refractivity contribution in [3.8, 4) is 5.75 Å². The van der Waals surface area contributed by atoms with E-state index in [0.29, 0.717) is 55.6 Å². The predicted octanol–water partition coefficient (Wildman–Crippen LogP) is 1.63. The molecule has 0 saturated carbocycles. The lowest BCUT2D eigenvalue weighted by molar-refractivity contribution is -0.122. The lowest BCUT2D eigenvalue weighted by atomic mass is 10.1. The zero-order chi connectivity index (χ0) is 17.5. The molecule has 0 bridgehead atoms. The van der Waals surface area contributed by atoms with Gasteiger partial charge in [-0.25, -0.2) is 0 Å². The third-order valence-corrected chi connectivity index (χ3v) is 4.23. The number of rotatable bonds is 6. The van der Waals surface area contributed by atoms with Gasteiger partial charge in [0.25, 0.3) is 5.91 Å². The first-order valence-corrected chi connectivity index (χ1v) is 8.54. The summed E-state index contributed by atoms with van der Waals surface area (Å²) in [6, 6.07) is 5.03. The number of piperazine rings is 1. The van der Waals surface area contributed by atoms with Crippen LogP contribution in [-0.4, -0.2) is 68.0 Å². The third-order valence-electron chi connectivity index (χ3n) is 3.99. The fourth-order valence-electron chi connectivity index (χ4n) is 2.65. The second kappa shape index (κ2) is 8.89. The Kier molecular flexibility index (Phi) is 6.87. The van der Waals surface area contributed by atoms with E-state index in [-0.39, 0.29) is 11.8 Å². The van der Waals surface area contributed by atoms with Crippen LogP contribution in [0.15, 0.2) is 18.2 Å². The molecule has 1 aromatic carbocycles. The van der Waals surface area contributed by atoms with Crippen LogP contribution >= 0.6 is 11.6 Å². The summed E-state index contributed by atoms with van der Waals surface area (Å²) in [5.41, 5.74) is 0.471. The molecular formula is C17H24ClN3O3. The number of nitrogens with zero attached hydrogens (tertiary/aromatic N) is 2. The first kappa shape index (κ1) is 18.5. The summed E-state index contributed by atoms with van der Waals surface area (Å²) in [4.78, 5) is 28.3. The molecule has 1 aliphatic rings. The van der Waals surface area contributed by atoms with E-state index in [2.05, 4.69) is 10.2 Å². The molecule has 0 aliphatic carbocycles. The summed E-state index contributed by atoms with van der Waals surface area (Å²) in [5, 5.41) is 3.37. The molecule has 0 atom stereocenters. The van der Waals surface area contributed by atoms with Crippen LogP contribution in [0.4, 0.5) is 0 Å². The number of carbonyl (C=O) groups excluding carboxylic acids is 2. The highest BCUT2D eigenvalue weighted by atomic mass is 35.5. The molecule has 7 heteroatoms. The van der Waals surface area contributed by atoms with Crippen LogP contribution in [0.2, 0.25) is 5.02 Å². The average Bonchev–Trinajstić information content (AvgIpc) is 2.60. The van der Waals surface area contributed by atoms with E-state index in [1.807, 2.05) is 6.92 Å². The Morgan fingerprint density at radius 2 is 1.96 bits per heavy atom. The van der Waals surface area contributed by atoms with Crippen LogP contribution in [0.1, 0.15) is 23.7 Å². The molecule has 1 saturated heterocycles. The van der Waals surface area contributed by atoms with Gasteiger partial charge in [-0.1, -0.05) is 18.5 Å². The standard InChI is InChI=1S/C17H24ClN3O3/c1-3-6-19-16(22)12-20-7-9-21(10-8-20)17(23)14-11-13(18)4-5-15(14)24-2/h4-5,11H,3,6-10,12H2,1-2H3,(H,19,22). The number of amides is 2. The number of nitrogens with one attached hydrogen (secondary N) is 1. The van der Waals surface area contributed by atoms with Crippen molar-refractivity contribution in [2.75, 3.05) is 46.4 Å². The minimum atomic E-state index is -0.0931. The van der Waals surface area contributed by atoms with Crippen LogP contribution < -0.4 is 10.1 Å². The van der Waals surface area contributed by atoms with Crippen molar-refractivity contribution in [1.82, 2.24) is 15.1 Å². The predicted molar refractivity (Wildman–Crippen MR) is 93.6 cm³/mol. The van der Waals surface area contributed by atoms with E-state index in [0.717, 1.165) is 6.42 Å². The second-order valence-corrected chi connectivity index (χ2v) is 6.20. The smallest absolute Gasteiger partial charge is 0.257 e. The summed E-state index contributed by atoms with van der Waals surface area (Å²) in [7, 11) is 1.53. The van der Waals surface area contributed by atoms with Crippen LogP contribution in [-0.2, 0) is 4.79 Å². The van der Waals surface area contributed by atoms with E-state index in [9.17, 15) is 9.59 Å². The average molecular weight is 354 g/mol. The van der Waals surface area contributed by atoms with Crippen molar-refractivity contribution in [3.63, 3.8) is 0 Å². The SMILES string of the molecule is CCCNC(=O)CN1CCN(C(=O)c2cc(Cl)ccc2OC)CC1. The number of benzene rings is 1. The van der Waals surface area contributed by atoms with E-state index >= 15 is 0 Å². The van der Waals surface area contributed by atoms with Gasteiger partial charge in [0.05, 0.1) is 19.2 Å². The van der Waals surface area contributed by atoms with Gasteiger partial charge in [0.15, 0.2) is 0 Å². The topological polar surface area (TPSA) is 61.9 Å². The van der Waals surface area contributed by atoms with Crippen LogP contribution in [0, 0.1) is 0 Å². The Labute approximate surface area is 147 Å². The van der Waals surface area contributed by atoms with Crippen molar-refractivity contribution < 1.29 is 14.3 Å². The summed E-state index contributed by atoms with van der Waals surface area (Å²) >= 11 is 6.00. The number of carbonyl (C=O) groups is 2. The summed E-state index contributed by atoms with van der Waals surface area (Å²) in [6.45, 7) is 5.61. The molecule has 2 amide bonds. The summed E-state index contributed by atoms with van der Waals surface area (Å²) in [5.74, 6) is 0.461. The van der Waals surface area contributed by atoms with E-state index in [1.54, 1.807) is 23.1 Å². The number of halogens is 1. The largest absolute Gasteiger partial charge is 0.496 e. The summed E-state index contributed by atoms with van der Waals surface area (Å²) in [6.07, 6.45) is 0.926. The highest BCUT2D eigenvalue weighted by molar-refractivity contribution is 6.31. The fourth-order valence-corrected chi connectivity index (χ4v) is 2.82. The number of hydrogen-bond donors (Lipinski definition) is 1. The van der Waals surface area contributed by atoms with E-state index in [1.165, 1.54) is 7.11 Å². The van der Waals surface area contributed by atoms with E-state index < -0.39 is 0 Å². The fraction of sp³-hybridized carbons (Fsp3) is 0.529. The molecule has 1 N–H and O–H groups in total. The number of hydrogen-bond acceptors (Lipinski definition) is 4. The molecule has 0 radical (unpaired) electrons. The first-order chi connectivity index (χ1) is 11.5. The van der Waals surface area contributed by atoms with Crippen molar-refractivity contribution >= 4 is 23.4 Å². The molecule has 1 fully saturated rings. The zero-order valence-corrected chi connectivity index (χ0v) is 14.9. The number of methoxy groups -OCH3 is 1. The van der Waals surface area contributed by atoms with Gasteiger partial charge in [0.1, 0.15) is 5.75 Å². The monoisotopic (exact) mass is 353 g/mol. The Balaban J connectivity index is 1.91. The lowest BCUT2D eigenvalue weighted by Crippen LogP contribution is -2.51. The van der Waals surface area contributed by atoms with Gasteiger partial charge in [-0.05, 0) is 24.6 Å². The highest BCUT2D eigenvalue weighted by Crippen LogP contribution is 2.24.